The number of nitrogens with zero attached hydrogens (tertiary/aromatic N) is 1. The van der Waals surface area contributed by atoms with Gasteiger partial charge >= 0.3 is 0 Å². The molecular formula is C20H23NO2. The number of aromatic hydroxyl groups is 1. The van der Waals surface area contributed by atoms with Gasteiger partial charge in [0.1, 0.15) is 5.75 Å². The Morgan fingerprint density at radius 2 is 1.83 bits per heavy atom. The van der Waals surface area contributed by atoms with Crippen molar-refractivity contribution in [2.45, 2.75) is 12.5 Å². The molecule has 1 aliphatic rings. The Balaban J connectivity index is 1.82. The Hall–Kier alpha value is -2.26. The fourth-order valence-electron chi connectivity index (χ4n) is 3.45. The van der Waals surface area contributed by atoms with Gasteiger partial charge in [0.25, 0.3) is 0 Å². The number of benzene rings is 2. The van der Waals surface area contributed by atoms with E-state index in [1.807, 2.05) is 24.3 Å². The van der Waals surface area contributed by atoms with Crippen molar-refractivity contribution in [3.8, 4) is 5.75 Å². The molecule has 1 aliphatic heterocycles. The number of rotatable bonds is 5. The van der Waals surface area contributed by atoms with Gasteiger partial charge in [-0.3, -0.25) is 4.90 Å². The number of phenolic OH excluding ortho intramolecular Hbond substituents is 1. The minimum Gasteiger partial charge on any atom is -0.508 e. The molecule has 0 saturated carbocycles. The highest BCUT2D eigenvalue weighted by Gasteiger charge is 2.37. The molecule has 1 saturated heterocycles. The molecule has 0 spiro atoms. The monoisotopic (exact) mass is 309 g/mol. The summed E-state index contributed by atoms with van der Waals surface area (Å²) in [6.45, 7) is 6.75. The minimum absolute atomic E-state index is 0.192. The Morgan fingerprint density at radius 1 is 1.13 bits per heavy atom. The van der Waals surface area contributed by atoms with E-state index in [1.165, 1.54) is 5.56 Å². The van der Waals surface area contributed by atoms with Crippen LogP contribution in [0.15, 0.2) is 66.9 Å². The normalized spacial score (nSPS) is 21.3. The van der Waals surface area contributed by atoms with Gasteiger partial charge in [-0.15, -0.1) is 0 Å². The predicted molar refractivity (Wildman–Crippen MR) is 92.2 cm³/mol. The van der Waals surface area contributed by atoms with Gasteiger partial charge in [-0.25, -0.2) is 0 Å². The van der Waals surface area contributed by atoms with Crippen molar-refractivity contribution in [2.75, 3.05) is 20.2 Å². The quantitative estimate of drug-likeness (QED) is 0.854. The standard InChI is InChI=1S/C20H23NO2/c1-15(23-2)18-13-21(12-16-8-4-3-5-9-16)14-19(18)17-10-6-7-11-20(17)22/h3-11,18-19,22H,1,12-14H2,2H3/t18-,19-/m0/s1. The Kier molecular flexibility index (Phi) is 4.68. The zero-order valence-electron chi connectivity index (χ0n) is 13.5. The molecular weight excluding hydrogens is 286 g/mol. The number of phenols is 1. The fourth-order valence-corrected chi connectivity index (χ4v) is 3.45. The molecule has 0 unspecified atom stereocenters. The zero-order valence-corrected chi connectivity index (χ0v) is 13.5. The maximum Gasteiger partial charge on any atom is 0.119 e. The second kappa shape index (κ2) is 6.88. The number of methoxy groups -OCH3 is 1. The molecule has 3 heteroatoms. The van der Waals surface area contributed by atoms with Crippen molar-refractivity contribution in [1.29, 1.82) is 0 Å². The van der Waals surface area contributed by atoms with Crippen molar-refractivity contribution >= 4 is 0 Å². The van der Waals surface area contributed by atoms with Crippen LogP contribution < -0.4 is 0 Å². The molecule has 1 fully saturated rings. The number of ether oxygens (including phenoxy) is 1. The lowest BCUT2D eigenvalue weighted by Crippen LogP contribution is -2.20. The van der Waals surface area contributed by atoms with E-state index >= 15 is 0 Å². The van der Waals surface area contributed by atoms with Gasteiger partial charge in [-0.2, -0.15) is 0 Å². The zero-order chi connectivity index (χ0) is 16.2. The maximum atomic E-state index is 10.2. The van der Waals surface area contributed by atoms with Crippen molar-refractivity contribution in [1.82, 2.24) is 4.90 Å². The molecule has 2 aromatic carbocycles. The van der Waals surface area contributed by atoms with Crippen LogP contribution in [0.25, 0.3) is 0 Å². The highest BCUT2D eigenvalue weighted by Crippen LogP contribution is 2.40. The maximum absolute atomic E-state index is 10.2. The first-order valence-corrected chi connectivity index (χ1v) is 7.96. The van der Waals surface area contributed by atoms with E-state index in [-0.39, 0.29) is 11.8 Å². The van der Waals surface area contributed by atoms with Gasteiger partial charge in [0.05, 0.1) is 12.9 Å². The minimum atomic E-state index is 0.192. The fraction of sp³-hybridized carbons (Fsp3) is 0.300. The Labute approximate surface area is 137 Å². The molecule has 1 N–H and O–H groups in total. The summed E-state index contributed by atoms with van der Waals surface area (Å²) in [7, 11) is 1.67. The van der Waals surface area contributed by atoms with Gasteiger partial charge < -0.3 is 9.84 Å². The van der Waals surface area contributed by atoms with Crippen molar-refractivity contribution in [3.05, 3.63) is 78.1 Å². The van der Waals surface area contributed by atoms with Gasteiger partial charge in [0.15, 0.2) is 0 Å². The number of para-hydroxylation sites is 1. The number of likely N-dealkylation sites (tertiary alicyclic amines) is 1. The molecule has 1 heterocycles. The number of hydrogen-bond donors (Lipinski definition) is 1. The highest BCUT2D eigenvalue weighted by atomic mass is 16.5. The third kappa shape index (κ3) is 3.40. The average molecular weight is 309 g/mol. The van der Waals surface area contributed by atoms with Crippen molar-refractivity contribution in [2.24, 2.45) is 5.92 Å². The summed E-state index contributed by atoms with van der Waals surface area (Å²) >= 11 is 0. The van der Waals surface area contributed by atoms with Gasteiger partial charge in [0, 0.05) is 31.5 Å². The van der Waals surface area contributed by atoms with E-state index in [9.17, 15) is 5.11 Å². The van der Waals surface area contributed by atoms with Crippen LogP contribution in [0.3, 0.4) is 0 Å². The van der Waals surface area contributed by atoms with Crippen molar-refractivity contribution in [3.63, 3.8) is 0 Å². The second-order valence-electron chi connectivity index (χ2n) is 6.12. The summed E-state index contributed by atoms with van der Waals surface area (Å²) in [6.07, 6.45) is 0. The third-order valence-corrected chi connectivity index (χ3v) is 4.66. The molecule has 23 heavy (non-hydrogen) atoms. The predicted octanol–water partition coefficient (Wildman–Crippen LogP) is 3.77. The van der Waals surface area contributed by atoms with E-state index in [2.05, 4.69) is 35.7 Å². The molecule has 0 aromatic heterocycles. The lowest BCUT2D eigenvalue weighted by molar-refractivity contribution is 0.232. The molecule has 3 rings (SSSR count). The lowest BCUT2D eigenvalue weighted by atomic mass is 9.87. The Morgan fingerprint density at radius 3 is 2.52 bits per heavy atom. The largest absolute Gasteiger partial charge is 0.508 e. The van der Waals surface area contributed by atoms with Gasteiger partial charge in [-0.1, -0.05) is 55.1 Å². The average Bonchev–Trinajstić information content (AvgIpc) is 2.99. The molecule has 120 valence electrons. The van der Waals surface area contributed by atoms with Crippen LogP contribution in [0.5, 0.6) is 5.75 Å². The van der Waals surface area contributed by atoms with Crippen LogP contribution in [0.4, 0.5) is 0 Å². The van der Waals surface area contributed by atoms with E-state index in [1.54, 1.807) is 13.2 Å². The smallest absolute Gasteiger partial charge is 0.119 e. The second-order valence-corrected chi connectivity index (χ2v) is 6.12. The summed E-state index contributed by atoms with van der Waals surface area (Å²) in [5, 5.41) is 10.2. The van der Waals surface area contributed by atoms with Crippen LogP contribution in [-0.2, 0) is 11.3 Å². The summed E-state index contributed by atoms with van der Waals surface area (Å²) in [5.41, 5.74) is 2.28. The number of hydrogen-bond acceptors (Lipinski definition) is 3. The first kappa shape index (κ1) is 15.6. The summed E-state index contributed by atoms with van der Waals surface area (Å²) in [5.74, 6) is 1.53. The van der Waals surface area contributed by atoms with E-state index in [0.29, 0.717) is 5.75 Å². The van der Waals surface area contributed by atoms with Crippen LogP contribution in [-0.4, -0.2) is 30.2 Å². The van der Waals surface area contributed by atoms with Crippen LogP contribution in [0.2, 0.25) is 0 Å². The molecule has 0 radical (unpaired) electrons. The van der Waals surface area contributed by atoms with Gasteiger partial charge in [-0.05, 0) is 17.2 Å². The molecule has 0 aliphatic carbocycles. The highest BCUT2D eigenvalue weighted by molar-refractivity contribution is 5.37. The van der Waals surface area contributed by atoms with Crippen LogP contribution in [0, 0.1) is 5.92 Å². The van der Waals surface area contributed by atoms with Crippen molar-refractivity contribution < 1.29 is 9.84 Å². The van der Waals surface area contributed by atoms with E-state index < -0.39 is 0 Å². The summed E-state index contributed by atoms with van der Waals surface area (Å²) < 4.78 is 5.42. The van der Waals surface area contributed by atoms with Crippen LogP contribution in [0.1, 0.15) is 17.0 Å². The first-order chi connectivity index (χ1) is 11.2. The Bertz CT molecular complexity index is 668. The molecule has 3 nitrogen and oxygen atoms in total. The van der Waals surface area contributed by atoms with Crippen LogP contribution >= 0.6 is 0 Å². The lowest BCUT2D eigenvalue weighted by Gasteiger charge is -2.20. The third-order valence-electron chi connectivity index (χ3n) is 4.66. The molecule has 0 bridgehead atoms. The first-order valence-electron chi connectivity index (χ1n) is 7.96. The summed E-state index contributed by atoms with van der Waals surface area (Å²) in [4.78, 5) is 2.40. The SMILES string of the molecule is C=C(OC)[C@@H]1CN(Cc2ccccc2)C[C@H]1c1ccccc1O. The van der Waals surface area contributed by atoms with Gasteiger partial charge in [0.2, 0.25) is 0 Å². The summed E-state index contributed by atoms with van der Waals surface area (Å²) in [6, 6.07) is 18.0. The van der Waals surface area contributed by atoms with E-state index in [0.717, 1.165) is 31.0 Å². The molecule has 2 aromatic rings. The van der Waals surface area contributed by atoms with E-state index in [4.69, 9.17) is 4.74 Å². The topological polar surface area (TPSA) is 32.7 Å². The molecule has 0 amide bonds. The molecule has 2 atom stereocenters.